The van der Waals surface area contributed by atoms with E-state index < -0.39 is 28.8 Å². The Morgan fingerprint density at radius 2 is 1.93 bits per heavy atom. The Morgan fingerprint density at radius 1 is 1.20 bits per heavy atom. The van der Waals surface area contributed by atoms with Crippen molar-refractivity contribution in [1.29, 1.82) is 5.41 Å². The van der Waals surface area contributed by atoms with E-state index in [-0.39, 0.29) is 22.5 Å². The number of nitrogens with one attached hydrogen (secondary N) is 1. The third-order valence-electron chi connectivity index (χ3n) is 4.53. The van der Waals surface area contributed by atoms with Crippen molar-refractivity contribution < 1.29 is 22.4 Å². The molecule has 1 aromatic carbocycles. The van der Waals surface area contributed by atoms with Crippen molar-refractivity contribution in [2.45, 2.75) is 20.0 Å². The van der Waals surface area contributed by atoms with Crippen LogP contribution < -0.4 is 0 Å². The summed E-state index contributed by atoms with van der Waals surface area (Å²) in [5, 5.41) is 10.8. The molecular formula is C19H13F4N5OS. The molecule has 2 aliphatic heterocycles. The highest BCUT2D eigenvalue weighted by Gasteiger charge is 2.46. The van der Waals surface area contributed by atoms with Gasteiger partial charge >= 0.3 is 6.18 Å². The second-order valence-corrected chi connectivity index (χ2v) is 7.52. The number of rotatable bonds is 2. The maximum Gasteiger partial charge on any atom is 0.441 e. The molecule has 0 aliphatic carbocycles. The van der Waals surface area contributed by atoms with E-state index in [0.29, 0.717) is 22.0 Å². The highest BCUT2D eigenvalue weighted by atomic mass is 32.2. The largest absolute Gasteiger partial charge is 0.441 e. The van der Waals surface area contributed by atoms with Gasteiger partial charge in [-0.3, -0.25) is 10.2 Å². The summed E-state index contributed by atoms with van der Waals surface area (Å²) in [6, 6.07) is 7.70. The smallest absolute Gasteiger partial charge is 0.318 e. The van der Waals surface area contributed by atoms with Crippen LogP contribution in [0.15, 0.2) is 46.0 Å². The van der Waals surface area contributed by atoms with Gasteiger partial charge in [-0.15, -0.1) is 0 Å². The number of thioether (sulfide) groups is 1. The van der Waals surface area contributed by atoms with Crippen LogP contribution >= 0.6 is 11.8 Å². The number of nitrogens with zero attached hydrogens (tertiary/aromatic N) is 4. The number of aromatic nitrogens is 1. The average Bonchev–Trinajstić information content (AvgIpc) is 3.20. The zero-order chi connectivity index (χ0) is 21.8. The fraction of sp³-hybridized carbons (Fsp3) is 0.158. The fourth-order valence-electron chi connectivity index (χ4n) is 3.21. The SMILES string of the molecule is Cc1cc(/C=C2/C(=N)N3N=C(C(F)(F)F)SC3=NC2=O)c(C)n1-c1cccc(F)c1. The number of amides is 1. The number of hydrazone groups is 1. The molecule has 6 nitrogen and oxygen atoms in total. The van der Waals surface area contributed by atoms with E-state index in [4.69, 9.17) is 5.41 Å². The Balaban J connectivity index is 1.75. The Morgan fingerprint density at radius 3 is 2.60 bits per heavy atom. The molecule has 4 rings (SSSR count). The van der Waals surface area contributed by atoms with Gasteiger partial charge in [0.2, 0.25) is 10.2 Å². The number of halogens is 4. The van der Waals surface area contributed by atoms with Crippen molar-refractivity contribution in [1.82, 2.24) is 9.58 Å². The number of carbonyl (C=O) groups is 1. The molecule has 0 atom stereocenters. The zero-order valence-corrected chi connectivity index (χ0v) is 16.4. The molecule has 154 valence electrons. The van der Waals surface area contributed by atoms with E-state index in [1.165, 1.54) is 18.2 Å². The summed E-state index contributed by atoms with van der Waals surface area (Å²) in [7, 11) is 0. The summed E-state index contributed by atoms with van der Waals surface area (Å²) in [6.07, 6.45) is -3.32. The van der Waals surface area contributed by atoms with Gasteiger partial charge < -0.3 is 4.57 Å². The van der Waals surface area contributed by atoms with Crippen molar-refractivity contribution in [3.8, 4) is 5.69 Å². The highest BCUT2D eigenvalue weighted by molar-refractivity contribution is 8.27. The molecule has 0 bridgehead atoms. The van der Waals surface area contributed by atoms with Crippen molar-refractivity contribution >= 4 is 39.8 Å². The molecule has 0 spiro atoms. The average molecular weight is 435 g/mol. The molecule has 0 saturated heterocycles. The first-order chi connectivity index (χ1) is 14.1. The third kappa shape index (κ3) is 3.34. The van der Waals surface area contributed by atoms with Gasteiger partial charge in [0, 0.05) is 17.1 Å². The number of amidine groups is 2. The lowest BCUT2D eigenvalue weighted by molar-refractivity contribution is -0.114. The minimum atomic E-state index is -4.70. The first-order valence-corrected chi connectivity index (χ1v) is 9.40. The number of hydrogen-bond donors (Lipinski definition) is 1. The van der Waals surface area contributed by atoms with Crippen LogP contribution in [0, 0.1) is 25.1 Å². The van der Waals surface area contributed by atoms with E-state index in [0.717, 1.165) is 5.69 Å². The number of benzene rings is 1. The van der Waals surface area contributed by atoms with Crippen LogP contribution in [0.25, 0.3) is 11.8 Å². The van der Waals surface area contributed by atoms with Crippen LogP contribution in [-0.4, -0.2) is 37.7 Å². The van der Waals surface area contributed by atoms with E-state index in [1.807, 2.05) is 0 Å². The first-order valence-electron chi connectivity index (χ1n) is 8.58. The number of aliphatic imine (C=N–C) groups is 1. The maximum absolute atomic E-state index is 13.6. The summed E-state index contributed by atoms with van der Waals surface area (Å²) in [6.45, 7) is 3.54. The Labute approximate surface area is 172 Å². The molecule has 0 saturated carbocycles. The van der Waals surface area contributed by atoms with Crippen LogP contribution in [0.5, 0.6) is 0 Å². The van der Waals surface area contributed by atoms with Gasteiger partial charge in [-0.2, -0.15) is 28.3 Å². The van der Waals surface area contributed by atoms with Gasteiger partial charge in [0.15, 0.2) is 5.84 Å². The van der Waals surface area contributed by atoms with Crippen molar-refractivity contribution in [2.75, 3.05) is 0 Å². The van der Waals surface area contributed by atoms with E-state index in [1.54, 1.807) is 36.6 Å². The van der Waals surface area contributed by atoms with Crippen LogP contribution in [-0.2, 0) is 4.79 Å². The molecule has 2 aromatic rings. The van der Waals surface area contributed by atoms with Crippen molar-refractivity contribution in [3.05, 3.63) is 58.7 Å². The van der Waals surface area contributed by atoms with Gasteiger partial charge in [-0.25, -0.2) is 4.39 Å². The van der Waals surface area contributed by atoms with Gasteiger partial charge in [0.05, 0.1) is 5.57 Å². The van der Waals surface area contributed by atoms with Gasteiger partial charge in [-0.1, -0.05) is 6.07 Å². The number of alkyl halides is 3. The lowest BCUT2D eigenvalue weighted by Crippen LogP contribution is -2.35. The third-order valence-corrected chi connectivity index (χ3v) is 5.49. The lowest BCUT2D eigenvalue weighted by atomic mass is 10.1. The molecule has 0 fully saturated rings. The van der Waals surface area contributed by atoms with Crippen LogP contribution in [0.2, 0.25) is 0 Å². The van der Waals surface area contributed by atoms with Gasteiger partial charge in [0.25, 0.3) is 5.91 Å². The predicted octanol–water partition coefficient (Wildman–Crippen LogP) is 4.41. The Bertz CT molecular complexity index is 1190. The van der Waals surface area contributed by atoms with Gasteiger partial charge in [-0.05, 0) is 61.5 Å². The summed E-state index contributed by atoms with van der Waals surface area (Å²) in [4.78, 5) is 16.1. The summed E-state index contributed by atoms with van der Waals surface area (Å²) >= 11 is 0.198. The quantitative estimate of drug-likeness (QED) is 0.561. The molecule has 1 aromatic heterocycles. The van der Waals surface area contributed by atoms with Crippen LogP contribution in [0.3, 0.4) is 0 Å². The van der Waals surface area contributed by atoms with E-state index in [2.05, 4.69) is 10.1 Å². The van der Waals surface area contributed by atoms with E-state index in [9.17, 15) is 22.4 Å². The zero-order valence-electron chi connectivity index (χ0n) is 15.6. The second kappa shape index (κ2) is 6.94. The first kappa shape index (κ1) is 20.1. The molecule has 30 heavy (non-hydrogen) atoms. The standard InChI is InChI=1S/C19H13F4N5OS/c1-9-6-11(10(2)27(9)13-5-3-4-12(20)8-13)7-14-15(24)28-18(25-16(14)29)30-17(26-28)19(21,22)23/h3-8,24H,1-2H3/b14-7-,24-15?. The van der Waals surface area contributed by atoms with Crippen LogP contribution in [0.4, 0.5) is 17.6 Å². The molecule has 2 aliphatic rings. The monoisotopic (exact) mass is 435 g/mol. The number of carbonyl (C=O) groups excluding carboxylic acids is 1. The van der Waals surface area contributed by atoms with E-state index >= 15 is 0 Å². The number of aryl methyl sites for hydroxylation is 1. The van der Waals surface area contributed by atoms with Gasteiger partial charge in [0.1, 0.15) is 5.82 Å². The normalized spacial score (nSPS) is 18.1. The highest BCUT2D eigenvalue weighted by Crippen LogP contribution is 2.35. The fourth-order valence-corrected chi connectivity index (χ4v) is 3.97. The molecule has 3 heterocycles. The minimum Gasteiger partial charge on any atom is -0.318 e. The summed E-state index contributed by atoms with van der Waals surface area (Å²) < 4.78 is 54.2. The Hall–Kier alpha value is -3.21. The maximum atomic E-state index is 13.6. The molecule has 0 unspecified atom stereocenters. The topological polar surface area (TPSA) is 73.8 Å². The molecule has 0 radical (unpaired) electrons. The minimum absolute atomic E-state index is 0.189. The van der Waals surface area contributed by atoms with Crippen molar-refractivity contribution in [2.24, 2.45) is 10.1 Å². The second-order valence-electron chi connectivity index (χ2n) is 6.56. The van der Waals surface area contributed by atoms with Crippen molar-refractivity contribution in [3.63, 3.8) is 0 Å². The summed E-state index contributed by atoms with van der Waals surface area (Å²) in [5.74, 6) is -1.73. The molecule has 11 heteroatoms. The number of fused-ring (bicyclic) bond motifs is 1. The summed E-state index contributed by atoms with van der Waals surface area (Å²) in [5.41, 5.74) is 2.35. The molecule has 1 amide bonds. The Kier molecular flexibility index (Phi) is 4.64. The van der Waals surface area contributed by atoms with Crippen LogP contribution in [0.1, 0.15) is 17.0 Å². The molecular weight excluding hydrogens is 422 g/mol. The lowest BCUT2D eigenvalue weighted by Gasteiger charge is -2.20. The predicted molar refractivity (Wildman–Crippen MR) is 106 cm³/mol. The number of hydrogen-bond acceptors (Lipinski definition) is 4. The molecule has 1 N–H and O–H groups in total.